The molecule has 0 amide bonds. The largest absolute Gasteiger partial charge is 0.385 e. The van der Waals surface area contributed by atoms with Crippen LogP contribution >= 0.6 is 0 Å². The third-order valence-electron chi connectivity index (χ3n) is 3.04. The normalized spacial score (nSPS) is 12.4. The zero-order valence-corrected chi connectivity index (χ0v) is 12.7. The van der Waals surface area contributed by atoms with Crippen LogP contribution in [0.4, 0.5) is 5.69 Å². The van der Waals surface area contributed by atoms with Crippen LogP contribution in [0.5, 0.6) is 0 Å². The van der Waals surface area contributed by atoms with E-state index >= 15 is 0 Å². The van der Waals surface area contributed by atoms with Crippen molar-refractivity contribution < 1.29 is 13.2 Å². The third kappa shape index (κ3) is 4.81. The van der Waals surface area contributed by atoms with Gasteiger partial charge in [-0.1, -0.05) is 0 Å². The molecule has 5 nitrogen and oxygen atoms in total. The van der Waals surface area contributed by atoms with Crippen molar-refractivity contribution in [1.29, 1.82) is 0 Å². The first kappa shape index (κ1) is 15.9. The molecule has 1 aromatic rings. The topological polar surface area (TPSA) is 67.4 Å². The molecule has 1 rings (SSSR count). The lowest BCUT2D eigenvalue weighted by Gasteiger charge is -2.23. The van der Waals surface area contributed by atoms with Crippen molar-refractivity contribution in [2.45, 2.75) is 30.8 Å². The van der Waals surface area contributed by atoms with E-state index in [1.165, 1.54) is 7.05 Å². The Balaban J connectivity index is 2.59. The van der Waals surface area contributed by atoms with E-state index in [0.29, 0.717) is 0 Å². The van der Waals surface area contributed by atoms with Gasteiger partial charge in [0, 0.05) is 19.3 Å². The molecule has 0 heterocycles. The summed E-state index contributed by atoms with van der Waals surface area (Å²) >= 11 is 0. The Kier molecular flexibility index (Phi) is 5.34. The highest BCUT2D eigenvalue weighted by atomic mass is 32.2. The van der Waals surface area contributed by atoms with Crippen molar-refractivity contribution in [1.82, 2.24) is 4.72 Å². The molecule has 0 aliphatic carbocycles. The molecule has 108 valence electrons. The Hall–Kier alpha value is -1.11. The van der Waals surface area contributed by atoms with Crippen LogP contribution in [0.15, 0.2) is 29.2 Å². The summed E-state index contributed by atoms with van der Waals surface area (Å²) in [6.07, 6.45) is 0.861. The average Bonchev–Trinajstić information content (AvgIpc) is 2.39. The summed E-state index contributed by atoms with van der Waals surface area (Å²) in [6, 6.07) is 6.67. The number of methoxy groups -OCH3 is 1. The second-order valence-corrected chi connectivity index (χ2v) is 6.76. The van der Waals surface area contributed by atoms with Crippen LogP contribution in [0.3, 0.4) is 0 Å². The Bertz CT molecular complexity index is 495. The summed E-state index contributed by atoms with van der Waals surface area (Å²) in [7, 11) is -0.271. The van der Waals surface area contributed by atoms with E-state index in [9.17, 15) is 8.42 Å². The molecular weight excluding hydrogens is 264 g/mol. The molecule has 0 radical (unpaired) electrons. The van der Waals surface area contributed by atoms with Gasteiger partial charge in [0.25, 0.3) is 0 Å². The van der Waals surface area contributed by atoms with Gasteiger partial charge in [-0.2, -0.15) is 0 Å². The molecule has 0 unspecified atom stereocenters. The molecule has 0 aliphatic heterocycles. The minimum Gasteiger partial charge on any atom is -0.385 e. The predicted octanol–water partition coefficient (Wildman–Crippen LogP) is 1.82. The van der Waals surface area contributed by atoms with Gasteiger partial charge in [0.05, 0.1) is 10.5 Å². The summed E-state index contributed by atoms with van der Waals surface area (Å²) in [5, 5.41) is 3.24. The molecule has 0 saturated carbocycles. The maximum atomic E-state index is 11.5. The number of ether oxygens (including phenoxy) is 1. The Morgan fingerprint density at radius 1 is 1.21 bits per heavy atom. The Morgan fingerprint density at radius 3 is 2.26 bits per heavy atom. The summed E-state index contributed by atoms with van der Waals surface area (Å²) in [5.41, 5.74) is 0.726. The van der Waals surface area contributed by atoms with Crippen molar-refractivity contribution in [3.05, 3.63) is 24.3 Å². The molecule has 0 aromatic heterocycles. The summed E-state index contributed by atoms with van der Waals surface area (Å²) < 4.78 is 30.7. The highest BCUT2D eigenvalue weighted by molar-refractivity contribution is 7.89. The molecule has 6 heteroatoms. The van der Waals surface area contributed by atoms with E-state index in [4.69, 9.17) is 4.74 Å². The van der Waals surface area contributed by atoms with Gasteiger partial charge in [-0.05, 0) is 51.6 Å². The third-order valence-corrected chi connectivity index (χ3v) is 4.47. The van der Waals surface area contributed by atoms with E-state index in [1.807, 2.05) is 13.8 Å². The second-order valence-electron chi connectivity index (χ2n) is 4.87. The first-order valence-electron chi connectivity index (χ1n) is 6.13. The fourth-order valence-corrected chi connectivity index (χ4v) is 2.21. The van der Waals surface area contributed by atoms with Crippen molar-refractivity contribution in [2.24, 2.45) is 0 Å². The lowest BCUT2D eigenvalue weighted by atomic mass is 10.1. The molecule has 19 heavy (non-hydrogen) atoms. The molecule has 0 saturated heterocycles. The maximum Gasteiger partial charge on any atom is 0.240 e. The smallest absolute Gasteiger partial charge is 0.240 e. The lowest BCUT2D eigenvalue weighted by Crippen LogP contribution is -2.25. The number of hydrogen-bond acceptors (Lipinski definition) is 4. The molecule has 0 aliphatic rings. The van der Waals surface area contributed by atoms with Crippen molar-refractivity contribution in [3.63, 3.8) is 0 Å². The SMILES string of the molecule is CNS(=O)(=O)c1ccc(NCCC(C)(C)OC)cc1. The van der Waals surface area contributed by atoms with Crippen molar-refractivity contribution >= 4 is 15.7 Å². The van der Waals surface area contributed by atoms with Gasteiger partial charge in [-0.25, -0.2) is 13.1 Å². The van der Waals surface area contributed by atoms with E-state index in [0.717, 1.165) is 18.7 Å². The highest BCUT2D eigenvalue weighted by Crippen LogP contribution is 2.16. The zero-order chi connectivity index (χ0) is 14.5. The predicted molar refractivity (Wildman–Crippen MR) is 76.9 cm³/mol. The molecule has 0 fully saturated rings. The molecule has 2 N–H and O–H groups in total. The fourth-order valence-electron chi connectivity index (χ4n) is 1.48. The van der Waals surface area contributed by atoms with Crippen molar-refractivity contribution in [3.8, 4) is 0 Å². The molecule has 1 aromatic carbocycles. The maximum absolute atomic E-state index is 11.5. The number of anilines is 1. The standard InChI is InChI=1S/C13H22N2O3S/c1-13(2,18-4)9-10-15-11-5-7-12(8-6-11)19(16,17)14-3/h5-8,14-15H,9-10H2,1-4H3. The van der Waals surface area contributed by atoms with Gasteiger partial charge in [-0.15, -0.1) is 0 Å². The van der Waals surface area contributed by atoms with Gasteiger partial charge >= 0.3 is 0 Å². The van der Waals surface area contributed by atoms with Crippen LogP contribution in [0.25, 0.3) is 0 Å². The van der Waals surface area contributed by atoms with Crippen LogP contribution < -0.4 is 10.0 Å². The molecule has 0 spiro atoms. The number of sulfonamides is 1. The minimum absolute atomic E-state index is 0.164. The van der Waals surface area contributed by atoms with Crippen molar-refractivity contribution in [2.75, 3.05) is 26.0 Å². The minimum atomic E-state index is -3.36. The zero-order valence-electron chi connectivity index (χ0n) is 11.9. The number of nitrogens with one attached hydrogen (secondary N) is 2. The average molecular weight is 286 g/mol. The van der Waals surface area contributed by atoms with E-state index in [-0.39, 0.29) is 10.5 Å². The van der Waals surface area contributed by atoms with Gasteiger partial charge in [0.15, 0.2) is 0 Å². The monoisotopic (exact) mass is 286 g/mol. The van der Waals surface area contributed by atoms with E-state index in [1.54, 1.807) is 31.4 Å². The number of benzene rings is 1. The van der Waals surface area contributed by atoms with Gasteiger partial charge < -0.3 is 10.1 Å². The molecule has 0 bridgehead atoms. The Morgan fingerprint density at radius 2 is 1.79 bits per heavy atom. The van der Waals surface area contributed by atoms with Gasteiger partial charge in [-0.3, -0.25) is 0 Å². The highest BCUT2D eigenvalue weighted by Gasteiger charge is 2.15. The Labute approximate surface area is 115 Å². The number of hydrogen-bond donors (Lipinski definition) is 2. The van der Waals surface area contributed by atoms with Gasteiger partial charge in [0.2, 0.25) is 10.0 Å². The molecule has 0 atom stereocenters. The van der Waals surface area contributed by atoms with E-state index in [2.05, 4.69) is 10.0 Å². The summed E-state index contributed by atoms with van der Waals surface area (Å²) in [5.74, 6) is 0. The van der Waals surface area contributed by atoms with Crippen LogP contribution in [0, 0.1) is 0 Å². The van der Waals surface area contributed by atoms with Crippen LogP contribution in [-0.4, -0.2) is 34.7 Å². The van der Waals surface area contributed by atoms with Gasteiger partial charge in [0.1, 0.15) is 0 Å². The summed E-state index contributed by atoms with van der Waals surface area (Å²) in [4.78, 5) is 0.262. The van der Waals surface area contributed by atoms with Crippen LogP contribution in [-0.2, 0) is 14.8 Å². The lowest BCUT2D eigenvalue weighted by molar-refractivity contribution is 0.0185. The first-order chi connectivity index (χ1) is 8.80. The van der Waals surface area contributed by atoms with Crippen LogP contribution in [0.2, 0.25) is 0 Å². The second kappa shape index (κ2) is 6.36. The molecular formula is C13H22N2O3S. The number of rotatable bonds is 7. The quantitative estimate of drug-likeness (QED) is 0.802. The fraction of sp³-hybridized carbons (Fsp3) is 0.538. The first-order valence-corrected chi connectivity index (χ1v) is 7.62. The van der Waals surface area contributed by atoms with Crippen LogP contribution in [0.1, 0.15) is 20.3 Å². The summed E-state index contributed by atoms with van der Waals surface area (Å²) in [6.45, 7) is 4.81. The van der Waals surface area contributed by atoms with E-state index < -0.39 is 10.0 Å².